The van der Waals surface area contributed by atoms with Crippen LogP contribution in [0.1, 0.15) is 34.7 Å². The van der Waals surface area contributed by atoms with Crippen LogP contribution >= 0.6 is 0 Å². The molecule has 1 atom stereocenters. The lowest BCUT2D eigenvalue weighted by molar-refractivity contribution is 0.0932. The fourth-order valence-corrected chi connectivity index (χ4v) is 3.14. The summed E-state index contributed by atoms with van der Waals surface area (Å²) in [5, 5.41) is 11.3. The predicted molar refractivity (Wildman–Crippen MR) is 112 cm³/mol. The quantitative estimate of drug-likeness (QED) is 0.556. The van der Waals surface area contributed by atoms with Crippen LogP contribution in [0.5, 0.6) is 0 Å². The van der Waals surface area contributed by atoms with Gasteiger partial charge in [0, 0.05) is 11.8 Å². The first-order valence-electron chi connectivity index (χ1n) is 9.45. The molecule has 0 saturated heterocycles. The standard InChI is InChI=1S/C22H20N6O2/c1-15-12-20(29)21(26-28(15)19-6-4-3-5-7-19)22(30)25-16(2)17-8-10-18(11-9-17)27-14-23-13-24-27/h3-14,16H,1-2H3,(H,25,30). The molecule has 2 aromatic carbocycles. The van der Waals surface area contributed by atoms with E-state index in [9.17, 15) is 9.59 Å². The molecule has 0 saturated carbocycles. The average Bonchev–Trinajstić information content (AvgIpc) is 3.29. The van der Waals surface area contributed by atoms with Gasteiger partial charge in [0.25, 0.3) is 5.91 Å². The predicted octanol–water partition coefficient (Wildman–Crippen LogP) is 2.61. The molecule has 8 heteroatoms. The number of aryl methyl sites for hydroxylation is 1. The molecule has 2 aromatic heterocycles. The Bertz CT molecular complexity index is 1210. The topological polar surface area (TPSA) is 94.7 Å². The summed E-state index contributed by atoms with van der Waals surface area (Å²) in [6, 6.07) is 18.1. The van der Waals surface area contributed by atoms with Gasteiger partial charge in [-0.3, -0.25) is 9.59 Å². The SMILES string of the molecule is Cc1cc(=O)c(C(=O)NC(C)c2ccc(-n3cncn3)cc2)nn1-c1ccccc1. The average molecular weight is 400 g/mol. The molecule has 0 bridgehead atoms. The van der Waals surface area contributed by atoms with Gasteiger partial charge in [0.1, 0.15) is 12.7 Å². The molecule has 0 aliphatic carbocycles. The fraction of sp³-hybridized carbons (Fsp3) is 0.136. The number of nitrogens with one attached hydrogen (secondary N) is 1. The van der Waals surface area contributed by atoms with Crippen molar-refractivity contribution in [3.63, 3.8) is 0 Å². The molecule has 1 unspecified atom stereocenters. The van der Waals surface area contributed by atoms with Crippen LogP contribution in [0.2, 0.25) is 0 Å². The van der Waals surface area contributed by atoms with Gasteiger partial charge in [0.2, 0.25) is 5.43 Å². The second-order valence-electron chi connectivity index (χ2n) is 6.87. The molecule has 8 nitrogen and oxygen atoms in total. The van der Waals surface area contributed by atoms with Crippen molar-refractivity contribution < 1.29 is 4.79 Å². The number of benzene rings is 2. The van der Waals surface area contributed by atoms with E-state index in [1.807, 2.05) is 61.5 Å². The highest BCUT2D eigenvalue weighted by Crippen LogP contribution is 2.16. The van der Waals surface area contributed by atoms with Gasteiger partial charge in [-0.05, 0) is 43.7 Å². The molecule has 0 aliphatic heterocycles. The minimum absolute atomic E-state index is 0.143. The minimum atomic E-state index is -0.516. The van der Waals surface area contributed by atoms with Crippen LogP contribution in [-0.4, -0.2) is 30.5 Å². The summed E-state index contributed by atoms with van der Waals surface area (Å²) in [4.78, 5) is 29.1. The van der Waals surface area contributed by atoms with Crippen molar-refractivity contribution >= 4 is 5.91 Å². The van der Waals surface area contributed by atoms with Gasteiger partial charge in [-0.2, -0.15) is 10.2 Å². The van der Waals surface area contributed by atoms with E-state index in [-0.39, 0.29) is 11.7 Å². The van der Waals surface area contributed by atoms with Crippen molar-refractivity contribution in [3.8, 4) is 11.4 Å². The lowest BCUT2D eigenvalue weighted by Gasteiger charge is -2.16. The molecule has 4 aromatic rings. The highest BCUT2D eigenvalue weighted by Gasteiger charge is 2.18. The number of rotatable bonds is 5. The van der Waals surface area contributed by atoms with Crippen molar-refractivity contribution in [3.05, 3.63) is 100 Å². The van der Waals surface area contributed by atoms with Crippen LogP contribution in [0.15, 0.2) is 78.1 Å². The van der Waals surface area contributed by atoms with Crippen molar-refractivity contribution in [1.29, 1.82) is 0 Å². The molecule has 0 radical (unpaired) electrons. The summed E-state index contributed by atoms with van der Waals surface area (Å²) >= 11 is 0. The van der Waals surface area contributed by atoms with Crippen LogP contribution in [0, 0.1) is 6.92 Å². The van der Waals surface area contributed by atoms with Gasteiger partial charge in [0.05, 0.1) is 17.4 Å². The molecule has 1 amide bonds. The van der Waals surface area contributed by atoms with Crippen LogP contribution < -0.4 is 10.7 Å². The number of hydrogen-bond donors (Lipinski definition) is 1. The Balaban J connectivity index is 1.55. The first-order chi connectivity index (χ1) is 14.5. The third-order valence-corrected chi connectivity index (χ3v) is 4.75. The monoisotopic (exact) mass is 400 g/mol. The van der Waals surface area contributed by atoms with E-state index < -0.39 is 11.3 Å². The summed E-state index contributed by atoms with van der Waals surface area (Å²) < 4.78 is 3.24. The van der Waals surface area contributed by atoms with E-state index in [0.29, 0.717) is 5.69 Å². The molecule has 4 rings (SSSR count). The lowest BCUT2D eigenvalue weighted by Crippen LogP contribution is -2.33. The van der Waals surface area contributed by atoms with Gasteiger partial charge in [-0.1, -0.05) is 30.3 Å². The lowest BCUT2D eigenvalue weighted by atomic mass is 10.1. The Morgan fingerprint density at radius 2 is 1.77 bits per heavy atom. The molecule has 0 fully saturated rings. The summed E-state index contributed by atoms with van der Waals surface area (Å²) in [5.74, 6) is -0.516. The zero-order valence-electron chi connectivity index (χ0n) is 16.6. The largest absolute Gasteiger partial charge is 0.344 e. The number of aromatic nitrogens is 5. The Hall–Kier alpha value is -4.07. The van der Waals surface area contributed by atoms with Crippen molar-refractivity contribution in [2.75, 3.05) is 0 Å². The van der Waals surface area contributed by atoms with E-state index in [0.717, 1.165) is 16.9 Å². The number of amides is 1. The van der Waals surface area contributed by atoms with Crippen LogP contribution in [0.4, 0.5) is 0 Å². The third-order valence-electron chi connectivity index (χ3n) is 4.75. The zero-order chi connectivity index (χ0) is 21.1. The number of para-hydroxylation sites is 1. The van der Waals surface area contributed by atoms with E-state index in [1.165, 1.54) is 12.4 Å². The number of carbonyl (C=O) groups excluding carboxylic acids is 1. The Morgan fingerprint density at radius 3 is 2.43 bits per heavy atom. The van der Waals surface area contributed by atoms with Crippen LogP contribution in [-0.2, 0) is 0 Å². The van der Waals surface area contributed by atoms with E-state index in [2.05, 4.69) is 20.5 Å². The first kappa shape index (κ1) is 19.3. The van der Waals surface area contributed by atoms with Crippen molar-refractivity contribution in [1.82, 2.24) is 29.9 Å². The molecular formula is C22H20N6O2. The maximum absolute atomic E-state index is 12.8. The van der Waals surface area contributed by atoms with Gasteiger partial charge in [-0.15, -0.1) is 0 Å². The van der Waals surface area contributed by atoms with E-state index in [4.69, 9.17) is 0 Å². The number of hydrogen-bond acceptors (Lipinski definition) is 5. The highest BCUT2D eigenvalue weighted by atomic mass is 16.2. The third kappa shape index (κ3) is 3.88. The second kappa shape index (κ2) is 8.12. The van der Waals surface area contributed by atoms with Crippen molar-refractivity contribution in [2.24, 2.45) is 0 Å². The van der Waals surface area contributed by atoms with Crippen molar-refractivity contribution in [2.45, 2.75) is 19.9 Å². The zero-order valence-corrected chi connectivity index (χ0v) is 16.6. The van der Waals surface area contributed by atoms with Crippen LogP contribution in [0.3, 0.4) is 0 Å². The summed E-state index contributed by atoms with van der Waals surface area (Å²) in [7, 11) is 0. The van der Waals surface area contributed by atoms with E-state index >= 15 is 0 Å². The highest BCUT2D eigenvalue weighted by molar-refractivity contribution is 5.92. The molecule has 2 heterocycles. The van der Waals surface area contributed by atoms with Gasteiger partial charge < -0.3 is 5.32 Å². The summed E-state index contributed by atoms with van der Waals surface area (Å²) in [6.45, 7) is 3.63. The van der Waals surface area contributed by atoms with Gasteiger partial charge in [-0.25, -0.2) is 14.3 Å². The van der Waals surface area contributed by atoms with Gasteiger partial charge >= 0.3 is 0 Å². The number of carbonyl (C=O) groups is 1. The molecule has 0 spiro atoms. The van der Waals surface area contributed by atoms with E-state index in [1.54, 1.807) is 22.6 Å². The van der Waals surface area contributed by atoms with Crippen LogP contribution in [0.25, 0.3) is 11.4 Å². The summed E-state index contributed by atoms with van der Waals surface area (Å²) in [5.41, 5.74) is 2.63. The maximum atomic E-state index is 12.8. The minimum Gasteiger partial charge on any atom is -0.344 e. The number of nitrogens with zero attached hydrogens (tertiary/aromatic N) is 5. The second-order valence-corrected chi connectivity index (χ2v) is 6.87. The first-order valence-corrected chi connectivity index (χ1v) is 9.45. The van der Waals surface area contributed by atoms with Gasteiger partial charge in [0.15, 0.2) is 5.69 Å². The molecular weight excluding hydrogens is 380 g/mol. The molecule has 0 aliphatic rings. The molecule has 30 heavy (non-hydrogen) atoms. The Morgan fingerprint density at radius 1 is 1.03 bits per heavy atom. The smallest absolute Gasteiger partial charge is 0.276 e. The maximum Gasteiger partial charge on any atom is 0.276 e. The Labute approximate surface area is 172 Å². The normalized spacial score (nSPS) is 11.8. The molecule has 1 N–H and O–H groups in total. The fourth-order valence-electron chi connectivity index (χ4n) is 3.14. The molecule has 150 valence electrons. The summed E-state index contributed by atoms with van der Waals surface area (Å²) in [6.07, 6.45) is 3.08. The Kier molecular flexibility index (Phi) is 5.21.